The van der Waals surface area contributed by atoms with Crippen LogP contribution in [0.15, 0.2) is 59.5 Å². The molecule has 0 saturated carbocycles. The van der Waals surface area contributed by atoms with Crippen LogP contribution in [0.2, 0.25) is 0 Å². The van der Waals surface area contributed by atoms with Crippen molar-refractivity contribution in [1.82, 2.24) is 0 Å². The van der Waals surface area contributed by atoms with Gasteiger partial charge in [0.1, 0.15) is 11.5 Å². The van der Waals surface area contributed by atoms with Gasteiger partial charge >= 0.3 is 5.97 Å². The fourth-order valence-corrected chi connectivity index (χ4v) is 4.51. The van der Waals surface area contributed by atoms with Crippen molar-refractivity contribution in [3.8, 4) is 11.5 Å². The third kappa shape index (κ3) is 5.20. The molecule has 32 heavy (non-hydrogen) atoms. The standard InChI is InChI=1S/C22H24N2O7S/c1-30-15-9-7-14(8-10-15)24-32(28,29)16-11-12-20(31-2)19(13-16)23-21(25)17-5-3-4-6-18(17)22(26)27/h3-4,7-13,17-18,24H,5-6H2,1-2H3,(H,23,25)(H,26,27). The van der Waals surface area contributed by atoms with E-state index in [2.05, 4.69) is 10.0 Å². The molecule has 0 aliphatic heterocycles. The van der Waals surface area contributed by atoms with Crippen molar-refractivity contribution < 1.29 is 32.6 Å². The number of anilines is 2. The van der Waals surface area contributed by atoms with E-state index in [0.29, 0.717) is 11.4 Å². The van der Waals surface area contributed by atoms with E-state index in [4.69, 9.17) is 9.47 Å². The Morgan fingerprint density at radius 2 is 1.62 bits per heavy atom. The summed E-state index contributed by atoms with van der Waals surface area (Å²) in [5.41, 5.74) is 0.472. The molecule has 2 unspecified atom stereocenters. The van der Waals surface area contributed by atoms with Crippen LogP contribution < -0.4 is 19.5 Å². The highest BCUT2D eigenvalue weighted by molar-refractivity contribution is 7.92. The van der Waals surface area contributed by atoms with Crippen LogP contribution in [0, 0.1) is 11.8 Å². The zero-order valence-corrected chi connectivity index (χ0v) is 18.4. The Balaban J connectivity index is 1.85. The third-order valence-electron chi connectivity index (χ3n) is 5.17. The van der Waals surface area contributed by atoms with Crippen molar-refractivity contribution in [2.45, 2.75) is 17.7 Å². The number of hydrogen-bond acceptors (Lipinski definition) is 6. The number of amides is 1. The van der Waals surface area contributed by atoms with Crippen LogP contribution in [0.5, 0.6) is 11.5 Å². The van der Waals surface area contributed by atoms with E-state index < -0.39 is 33.7 Å². The SMILES string of the molecule is COc1ccc(NS(=O)(=O)c2ccc(OC)c(NC(=O)C3CC=CCC3C(=O)O)c2)cc1. The Kier molecular flexibility index (Phi) is 7.04. The van der Waals surface area contributed by atoms with Crippen molar-refractivity contribution in [2.75, 3.05) is 24.3 Å². The fraction of sp³-hybridized carbons (Fsp3) is 0.273. The number of nitrogens with one attached hydrogen (secondary N) is 2. The highest BCUT2D eigenvalue weighted by atomic mass is 32.2. The van der Waals surface area contributed by atoms with Crippen molar-refractivity contribution in [3.63, 3.8) is 0 Å². The van der Waals surface area contributed by atoms with Gasteiger partial charge in [0.25, 0.3) is 10.0 Å². The molecule has 0 fully saturated rings. The first kappa shape index (κ1) is 23.1. The third-order valence-corrected chi connectivity index (χ3v) is 6.55. The molecule has 9 nitrogen and oxygen atoms in total. The Hall–Kier alpha value is -3.53. The second-order valence-electron chi connectivity index (χ2n) is 7.18. The van der Waals surface area contributed by atoms with Crippen LogP contribution >= 0.6 is 0 Å². The van der Waals surface area contributed by atoms with Crippen LogP contribution in [0.4, 0.5) is 11.4 Å². The van der Waals surface area contributed by atoms with Crippen LogP contribution in [-0.2, 0) is 19.6 Å². The van der Waals surface area contributed by atoms with Gasteiger partial charge in [0.2, 0.25) is 5.91 Å². The molecule has 0 bridgehead atoms. The molecule has 0 saturated heterocycles. The highest BCUT2D eigenvalue weighted by Gasteiger charge is 2.34. The molecule has 0 spiro atoms. The minimum atomic E-state index is -3.97. The number of hydrogen-bond donors (Lipinski definition) is 3. The van der Waals surface area contributed by atoms with Crippen molar-refractivity contribution in [1.29, 1.82) is 0 Å². The summed E-state index contributed by atoms with van der Waals surface area (Å²) in [5.74, 6) is -2.37. The zero-order chi connectivity index (χ0) is 23.3. The molecule has 1 aliphatic rings. The number of carbonyl (C=O) groups excluding carboxylic acids is 1. The Morgan fingerprint density at radius 1 is 0.969 bits per heavy atom. The van der Waals surface area contributed by atoms with Gasteiger partial charge < -0.3 is 19.9 Å². The van der Waals surface area contributed by atoms with Gasteiger partial charge in [0.15, 0.2) is 0 Å². The Bertz CT molecular complexity index is 1130. The minimum absolute atomic E-state index is 0.0947. The number of sulfonamides is 1. The number of ether oxygens (including phenoxy) is 2. The first-order chi connectivity index (χ1) is 15.2. The lowest BCUT2D eigenvalue weighted by Gasteiger charge is -2.24. The molecule has 170 valence electrons. The number of aliphatic carboxylic acids is 1. The molecule has 1 aliphatic carbocycles. The molecule has 2 atom stereocenters. The number of carboxylic acid groups (broad SMARTS) is 1. The van der Waals surface area contributed by atoms with Gasteiger partial charge in [0.05, 0.1) is 36.6 Å². The summed E-state index contributed by atoms with van der Waals surface area (Å²) >= 11 is 0. The van der Waals surface area contributed by atoms with Gasteiger partial charge in [-0.3, -0.25) is 14.3 Å². The van der Waals surface area contributed by atoms with E-state index in [1.54, 1.807) is 36.4 Å². The number of benzene rings is 2. The maximum atomic E-state index is 12.9. The zero-order valence-electron chi connectivity index (χ0n) is 17.6. The van der Waals surface area contributed by atoms with E-state index in [1.807, 2.05) is 0 Å². The van der Waals surface area contributed by atoms with Gasteiger partial charge in [-0.1, -0.05) is 12.2 Å². The maximum Gasteiger partial charge on any atom is 0.307 e. The van der Waals surface area contributed by atoms with Gasteiger partial charge in [-0.05, 0) is 55.3 Å². The summed E-state index contributed by atoms with van der Waals surface area (Å²) in [6, 6.07) is 10.4. The minimum Gasteiger partial charge on any atom is -0.497 e. The number of rotatable bonds is 8. The Morgan fingerprint density at radius 3 is 2.22 bits per heavy atom. The summed E-state index contributed by atoms with van der Waals surface area (Å²) in [5, 5.41) is 12.1. The summed E-state index contributed by atoms with van der Waals surface area (Å²) in [7, 11) is -1.07. The highest BCUT2D eigenvalue weighted by Crippen LogP contribution is 2.32. The van der Waals surface area contributed by atoms with E-state index in [0.717, 1.165) is 0 Å². The van der Waals surface area contributed by atoms with Gasteiger partial charge in [-0.25, -0.2) is 8.42 Å². The van der Waals surface area contributed by atoms with Crippen molar-refractivity contribution in [2.24, 2.45) is 11.8 Å². The van der Waals surface area contributed by atoms with E-state index in [9.17, 15) is 23.1 Å². The second-order valence-corrected chi connectivity index (χ2v) is 8.86. The van der Waals surface area contributed by atoms with Crippen LogP contribution in [0.3, 0.4) is 0 Å². The lowest BCUT2D eigenvalue weighted by Crippen LogP contribution is -2.34. The predicted molar refractivity (Wildman–Crippen MR) is 118 cm³/mol. The molecule has 3 rings (SSSR count). The van der Waals surface area contributed by atoms with E-state index in [1.165, 1.54) is 32.4 Å². The summed E-state index contributed by atoms with van der Waals surface area (Å²) in [6.45, 7) is 0. The molecule has 2 aromatic carbocycles. The lowest BCUT2D eigenvalue weighted by atomic mass is 9.82. The number of carbonyl (C=O) groups is 2. The molecular formula is C22H24N2O7S. The monoisotopic (exact) mass is 460 g/mol. The molecule has 2 aromatic rings. The van der Waals surface area contributed by atoms with E-state index >= 15 is 0 Å². The molecule has 10 heteroatoms. The quantitative estimate of drug-likeness (QED) is 0.516. The van der Waals surface area contributed by atoms with Crippen LogP contribution in [0.1, 0.15) is 12.8 Å². The van der Waals surface area contributed by atoms with Gasteiger partial charge in [-0.15, -0.1) is 0 Å². The topological polar surface area (TPSA) is 131 Å². The fourth-order valence-electron chi connectivity index (χ4n) is 3.43. The number of methoxy groups -OCH3 is 2. The molecule has 1 amide bonds. The van der Waals surface area contributed by atoms with Crippen LogP contribution in [-0.4, -0.2) is 39.6 Å². The van der Waals surface area contributed by atoms with E-state index in [-0.39, 0.29) is 29.2 Å². The molecule has 0 radical (unpaired) electrons. The largest absolute Gasteiger partial charge is 0.497 e. The molecular weight excluding hydrogens is 436 g/mol. The summed E-state index contributed by atoms with van der Waals surface area (Å²) in [6.07, 6.45) is 4.04. The van der Waals surface area contributed by atoms with Gasteiger partial charge in [-0.2, -0.15) is 0 Å². The lowest BCUT2D eigenvalue weighted by molar-refractivity contribution is -0.146. The Labute approximate surface area is 186 Å². The smallest absolute Gasteiger partial charge is 0.307 e. The average molecular weight is 461 g/mol. The number of allylic oxidation sites excluding steroid dienone is 2. The van der Waals surface area contributed by atoms with Crippen molar-refractivity contribution >= 4 is 33.3 Å². The normalized spacial score (nSPS) is 17.9. The van der Waals surface area contributed by atoms with Crippen LogP contribution in [0.25, 0.3) is 0 Å². The molecule has 3 N–H and O–H groups in total. The summed E-state index contributed by atoms with van der Waals surface area (Å²) < 4.78 is 38.5. The number of carboxylic acids is 1. The maximum absolute atomic E-state index is 12.9. The first-order valence-corrected chi connectivity index (χ1v) is 11.3. The second kappa shape index (κ2) is 9.73. The average Bonchev–Trinajstić information content (AvgIpc) is 2.79. The molecule has 0 aromatic heterocycles. The first-order valence-electron chi connectivity index (χ1n) is 9.78. The summed E-state index contributed by atoms with van der Waals surface area (Å²) in [4.78, 5) is 24.2. The van der Waals surface area contributed by atoms with Gasteiger partial charge in [0, 0.05) is 5.69 Å². The molecule has 0 heterocycles. The predicted octanol–water partition coefficient (Wildman–Crippen LogP) is 3.11. The van der Waals surface area contributed by atoms with Crippen molar-refractivity contribution in [3.05, 3.63) is 54.6 Å².